The number of nitrogens with one attached hydrogen (secondary N) is 1. The molecule has 1 amide bonds. The molecule has 0 aromatic rings. The Morgan fingerprint density at radius 3 is 1.86 bits per heavy atom. The van der Waals surface area contributed by atoms with Gasteiger partial charge in [-0.3, -0.25) is 4.79 Å². The number of rotatable bonds is 4. The quantitative estimate of drug-likeness (QED) is 0.299. The molecule has 0 spiro atoms. The third kappa shape index (κ3) is 3.65. The molecule has 0 aromatic carbocycles. The van der Waals surface area contributed by atoms with Gasteiger partial charge in [0, 0.05) is 0 Å². The molecule has 0 fully saturated rings. The molecule has 14 heavy (non-hydrogen) atoms. The molecule has 0 heterocycles. The fourth-order valence-electron chi connectivity index (χ4n) is 0.483. The van der Waals surface area contributed by atoms with Gasteiger partial charge in [0.25, 0.3) is 0 Å². The van der Waals surface area contributed by atoms with Crippen molar-refractivity contribution in [3.05, 3.63) is 12.7 Å². The van der Waals surface area contributed by atoms with Gasteiger partial charge in [-0.25, -0.2) is 0 Å². The topological polar surface area (TPSA) is 109 Å². The number of aliphatic carboxylic acids is 2. The summed E-state index contributed by atoms with van der Waals surface area (Å²) >= 11 is 0. The minimum Gasteiger partial charge on any atom is -0.547 e. The maximum Gasteiger partial charge on any atom is 2.00 e. The van der Waals surface area contributed by atoms with Gasteiger partial charge in [-0.2, -0.15) is 0 Å². The summed E-state index contributed by atoms with van der Waals surface area (Å²) < 4.78 is 0. The number of carbonyl (C=O) groups excluding carboxylic acids is 3. The van der Waals surface area contributed by atoms with E-state index in [2.05, 4.69) is 6.58 Å². The summed E-state index contributed by atoms with van der Waals surface area (Å²) in [4.78, 5) is 31.3. The number of carboxylic acids is 2. The van der Waals surface area contributed by atoms with Gasteiger partial charge >= 0.3 is 37.7 Å². The van der Waals surface area contributed by atoms with E-state index in [1.807, 2.05) is 0 Å². The summed E-state index contributed by atoms with van der Waals surface area (Å²) in [5, 5.41) is 22.3. The molecule has 7 heteroatoms. The minimum absolute atomic E-state index is 0. The molecule has 0 aromatic heterocycles. The van der Waals surface area contributed by atoms with Crippen LogP contribution in [0.2, 0.25) is 0 Å². The maximum atomic E-state index is 10.6. The van der Waals surface area contributed by atoms with Crippen LogP contribution < -0.4 is 15.5 Å². The van der Waals surface area contributed by atoms with Crippen molar-refractivity contribution in [1.29, 1.82) is 0 Å². The third-order valence-corrected chi connectivity index (χ3v) is 1.38. The first kappa shape index (κ1) is 15.9. The molecule has 0 saturated carbocycles. The molecule has 1 N–H and O–H groups in total. The van der Waals surface area contributed by atoms with Gasteiger partial charge in [0.15, 0.2) is 0 Å². The number of carboxylic acid groups (broad SMARTS) is 2. The van der Waals surface area contributed by atoms with E-state index >= 15 is 0 Å². The van der Waals surface area contributed by atoms with Crippen molar-refractivity contribution in [3.63, 3.8) is 0 Å². The molecule has 0 unspecified atom stereocenters. The van der Waals surface area contributed by atoms with Gasteiger partial charge in [-0.15, -0.1) is 0 Å². The van der Waals surface area contributed by atoms with Crippen LogP contribution >= 0.6 is 0 Å². The SMILES string of the molecule is C=CC(=O)NC(C)(C(=O)[O-])C(=O)[O-].[Ca+2]. The van der Waals surface area contributed by atoms with Crippen LogP contribution in [-0.4, -0.2) is 61.1 Å². The van der Waals surface area contributed by atoms with Crippen LogP contribution in [-0.2, 0) is 14.4 Å². The Bertz CT molecular complexity index is 261. The largest absolute Gasteiger partial charge is 2.00 e. The Balaban J connectivity index is 0. The Kier molecular flexibility index (Phi) is 6.80. The summed E-state index contributed by atoms with van der Waals surface area (Å²) in [5.74, 6) is -4.85. The molecule has 0 rings (SSSR count). The Morgan fingerprint density at radius 1 is 1.29 bits per heavy atom. The molecule has 0 bridgehead atoms. The van der Waals surface area contributed by atoms with Crippen LogP contribution in [0.5, 0.6) is 0 Å². The Morgan fingerprint density at radius 2 is 1.64 bits per heavy atom. The first-order chi connectivity index (χ1) is 5.84. The van der Waals surface area contributed by atoms with Crippen molar-refractivity contribution in [2.24, 2.45) is 0 Å². The van der Waals surface area contributed by atoms with E-state index in [1.54, 1.807) is 5.32 Å². The first-order valence-corrected chi connectivity index (χ1v) is 3.22. The Labute approximate surface area is 110 Å². The summed E-state index contributed by atoms with van der Waals surface area (Å²) in [6, 6.07) is 0. The van der Waals surface area contributed by atoms with Gasteiger partial charge in [0.05, 0.1) is 11.9 Å². The van der Waals surface area contributed by atoms with Crippen molar-refractivity contribution in [2.75, 3.05) is 0 Å². The predicted octanol–water partition coefficient (Wildman–Crippen LogP) is -3.83. The summed E-state index contributed by atoms with van der Waals surface area (Å²) in [5.41, 5.74) is -2.54. The number of hydrogen-bond acceptors (Lipinski definition) is 5. The van der Waals surface area contributed by atoms with Gasteiger partial charge < -0.3 is 25.1 Å². The predicted molar refractivity (Wildman–Crippen MR) is 42.5 cm³/mol. The third-order valence-electron chi connectivity index (χ3n) is 1.38. The fraction of sp³-hybridized carbons (Fsp3) is 0.286. The minimum atomic E-state index is -2.54. The van der Waals surface area contributed by atoms with Crippen LogP contribution in [0.3, 0.4) is 0 Å². The van der Waals surface area contributed by atoms with E-state index in [0.717, 1.165) is 13.0 Å². The van der Waals surface area contributed by atoms with Gasteiger partial charge in [-0.05, 0) is 13.0 Å². The van der Waals surface area contributed by atoms with Crippen molar-refractivity contribution in [1.82, 2.24) is 5.32 Å². The zero-order chi connectivity index (χ0) is 10.6. The smallest absolute Gasteiger partial charge is 0.547 e. The second-order valence-corrected chi connectivity index (χ2v) is 2.39. The molecule has 0 radical (unpaired) electrons. The number of amides is 1. The summed E-state index contributed by atoms with van der Waals surface area (Å²) in [7, 11) is 0. The van der Waals surface area contributed by atoms with E-state index in [-0.39, 0.29) is 37.7 Å². The number of hydrogen-bond donors (Lipinski definition) is 1. The van der Waals surface area contributed by atoms with Crippen LogP contribution in [0.1, 0.15) is 6.92 Å². The fourth-order valence-corrected chi connectivity index (χ4v) is 0.483. The molecule has 0 aliphatic heterocycles. The summed E-state index contributed by atoms with van der Waals surface area (Å²) in [6.07, 6.45) is 0.740. The average molecular weight is 225 g/mol. The zero-order valence-electron chi connectivity index (χ0n) is 7.53. The van der Waals surface area contributed by atoms with Gasteiger partial charge in [0.1, 0.15) is 5.54 Å². The molecule has 0 aliphatic rings. The second-order valence-electron chi connectivity index (χ2n) is 2.39. The van der Waals surface area contributed by atoms with E-state index in [9.17, 15) is 24.6 Å². The van der Waals surface area contributed by atoms with E-state index in [0.29, 0.717) is 0 Å². The number of carbonyl (C=O) groups is 3. The monoisotopic (exact) mass is 225 g/mol. The van der Waals surface area contributed by atoms with Crippen molar-refractivity contribution < 1.29 is 24.6 Å². The van der Waals surface area contributed by atoms with Gasteiger partial charge in [-0.1, -0.05) is 6.58 Å². The van der Waals surface area contributed by atoms with E-state index in [1.165, 1.54) is 0 Å². The molecular weight excluding hydrogens is 218 g/mol. The van der Waals surface area contributed by atoms with Crippen LogP contribution in [0.25, 0.3) is 0 Å². The van der Waals surface area contributed by atoms with Crippen molar-refractivity contribution in [2.45, 2.75) is 12.5 Å². The van der Waals surface area contributed by atoms with Gasteiger partial charge in [0.2, 0.25) is 5.91 Å². The van der Waals surface area contributed by atoms with Crippen LogP contribution in [0, 0.1) is 0 Å². The second kappa shape index (κ2) is 6.00. The van der Waals surface area contributed by atoms with Crippen molar-refractivity contribution >= 4 is 55.6 Å². The Hall–Kier alpha value is -0.590. The standard InChI is InChI=1S/C7H9NO5.Ca/c1-3-4(9)8-7(2,5(10)11)6(12)13;/h3H,1H2,2H3,(H,8,9)(H,10,11)(H,12,13);/q;+2/p-2. The molecule has 6 nitrogen and oxygen atoms in total. The average Bonchev–Trinajstić information content (AvgIpc) is 2.03. The molecule has 0 saturated heterocycles. The zero-order valence-corrected chi connectivity index (χ0v) is 9.74. The summed E-state index contributed by atoms with van der Waals surface area (Å²) in [6.45, 7) is 3.77. The molecule has 0 atom stereocenters. The van der Waals surface area contributed by atoms with Crippen molar-refractivity contribution in [3.8, 4) is 0 Å². The molecule has 72 valence electrons. The molecular formula is C7H7CaNO5. The normalized spacial score (nSPS) is 9.50. The van der Waals surface area contributed by atoms with E-state index in [4.69, 9.17) is 0 Å². The van der Waals surface area contributed by atoms with Crippen LogP contribution in [0.15, 0.2) is 12.7 Å². The molecule has 0 aliphatic carbocycles. The van der Waals surface area contributed by atoms with E-state index < -0.39 is 23.4 Å². The van der Waals surface area contributed by atoms with Crippen LogP contribution in [0.4, 0.5) is 0 Å². The first-order valence-electron chi connectivity index (χ1n) is 3.22. The maximum absolute atomic E-state index is 10.6.